The van der Waals surface area contributed by atoms with Crippen LogP contribution in [-0.4, -0.2) is 39.3 Å². The summed E-state index contributed by atoms with van der Waals surface area (Å²) in [6, 6.07) is 0. The molecule has 4 atom stereocenters. The van der Waals surface area contributed by atoms with E-state index < -0.39 is 12.1 Å². The molecule has 25 heavy (non-hydrogen) atoms. The average molecular weight is 357 g/mol. The van der Waals surface area contributed by atoms with E-state index in [1.807, 2.05) is 0 Å². The lowest BCUT2D eigenvalue weighted by Gasteiger charge is -2.22. The average Bonchev–Trinajstić information content (AvgIpc) is 2.82. The number of hydrogen-bond donors (Lipinski definition) is 3. The molecule has 3 N–H and O–H groups in total. The fraction of sp³-hybridized carbons (Fsp3) is 0.900. The van der Waals surface area contributed by atoms with E-state index in [0.29, 0.717) is 19.3 Å². The van der Waals surface area contributed by atoms with Gasteiger partial charge in [-0.3, -0.25) is 9.59 Å². The van der Waals surface area contributed by atoms with Crippen LogP contribution >= 0.6 is 0 Å². The molecule has 0 heterocycles. The lowest BCUT2D eigenvalue weighted by atomic mass is 9.85. The molecule has 0 aromatic carbocycles. The normalized spacial score (nSPS) is 24.6. The maximum atomic E-state index is 12.2. The molecule has 0 saturated heterocycles. The molecular formula is C20H36O5. The van der Waals surface area contributed by atoms with Crippen molar-refractivity contribution in [2.75, 3.05) is 0 Å². The number of ketones is 1. The summed E-state index contributed by atoms with van der Waals surface area (Å²) in [4.78, 5) is 22.7. The van der Waals surface area contributed by atoms with E-state index in [4.69, 9.17) is 5.11 Å². The zero-order valence-electron chi connectivity index (χ0n) is 15.7. The summed E-state index contributed by atoms with van der Waals surface area (Å²) < 4.78 is 0. The van der Waals surface area contributed by atoms with E-state index in [-0.39, 0.29) is 36.6 Å². The van der Waals surface area contributed by atoms with Crippen LogP contribution in [0.25, 0.3) is 0 Å². The van der Waals surface area contributed by atoms with E-state index >= 15 is 0 Å². The summed E-state index contributed by atoms with van der Waals surface area (Å²) in [6.07, 6.45) is 9.22. The summed E-state index contributed by atoms with van der Waals surface area (Å²) in [5.41, 5.74) is 0. The van der Waals surface area contributed by atoms with Crippen LogP contribution < -0.4 is 0 Å². The van der Waals surface area contributed by atoms with Gasteiger partial charge in [-0.1, -0.05) is 45.4 Å². The molecule has 5 heteroatoms. The van der Waals surface area contributed by atoms with E-state index in [9.17, 15) is 19.8 Å². The van der Waals surface area contributed by atoms with Gasteiger partial charge >= 0.3 is 5.97 Å². The first kappa shape index (κ1) is 22.1. The number of hydrogen-bond acceptors (Lipinski definition) is 4. The standard InChI is InChI=1S/C20H36O5/c1-2-3-6-9-15(21)12-13-17-16(18(22)14-19(17)23)10-7-4-5-8-11-20(24)25/h15-18,21-22H,2-14H2,1H3,(H,24,25)/t15-,16+,17?,18-/m0/s1. The van der Waals surface area contributed by atoms with Crippen LogP contribution in [0.5, 0.6) is 0 Å². The summed E-state index contributed by atoms with van der Waals surface area (Å²) in [7, 11) is 0. The van der Waals surface area contributed by atoms with Crippen molar-refractivity contribution in [1.29, 1.82) is 0 Å². The van der Waals surface area contributed by atoms with Crippen molar-refractivity contribution in [3.8, 4) is 0 Å². The highest BCUT2D eigenvalue weighted by molar-refractivity contribution is 5.84. The Morgan fingerprint density at radius 1 is 1.08 bits per heavy atom. The predicted octanol–water partition coefficient (Wildman–Crippen LogP) is 3.70. The molecule has 0 aliphatic heterocycles. The van der Waals surface area contributed by atoms with Crippen LogP contribution in [0.1, 0.15) is 90.4 Å². The fourth-order valence-corrected chi connectivity index (χ4v) is 3.94. The van der Waals surface area contributed by atoms with Gasteiger partial charge in [-0.05, 0) is 38.0 Å². The topological polar surface area (TPSA) is 94.8 Å². The largest absolute Gasteiger partial charge is 0.481 e. The zero-order chi connectivity index (χ0) is 18.7. The number of carbonyl (C=O) groups is 2. The number of aliphatic hydroxyl groups excluding tert-OH is 2. The molecule has 0 radical (unpaired) electrons. The molecule has 5 nitrogen and oxygen atoms in total. The Labute approximate surface area is 151 Å². The number of unbranched alkanes of at least 4 members (excludes halogenated alkanes) is 5. The van der Waals surface area contributed by atoms with Crippen LogP contribution in [0.2, 0.25) is 0 Å². The Hall–Kier alpha value is -0.940. The Morgan fingerprint density at radius 3 is 2.48 bits per heavy atom. The van der Waals surface area contributed by atoms with Crippen molar-refractivity contribution in [3.63, 3.8) is 0 Å². The minimum atomic E-state index is -0.755. The lowest BCUT2D eigenvalue weighted by Crippen LogP contribution is -2.22. The maximum absolute atomic E-state index is 12.2. The number of carbonyl (C=O) groups excluding carboxylic acids is 1. The molecule has 0 bridgehead atoms. The summed E-state index contributed by atoms with van der Waals surface area (Å²) in [6.45, 7) is 2.14. The van der Waals surface area contributed by atoms with Crippen molar-refractivity contribution in [2.24, 2.45) is 11.8 Å². The second kappa shape index (κ2) is 12.4. The fourth-order valence-electron chi connectivity index (χ4n) is 3.94. The molecule has 1 unspecified atom stereocenters. The monoisotopic (exact) mass is 356 g/mol. The number of aliphatic hydroxyl groups is 2. The first-order chi connectivity index (χ1) is 12.0. The Balaban J connectivity index is 2.30. The molecule has 0 spiro atoms. The lowest BCUT2D eigenvalue weighted by molar-refractivity contribution is -0.137. The van der Waals surface area contributed by atoms with Gasteiger partial charge in [-0.2, -0.15) is 0 Å². The predicted molar refractivity (Wildman–Crippen MR) is 97.3 cm³/mol. The van der Waals surface area contributed by atoms with Gasteiger partial charge in [0.15, 0.2) is 0 Å². The number of aliphatic carboxylic acids is 1. The molecule has 1 aliphatic carbocycles. The third-order valence-electron chi connectivity index (χ3n) is 5.46. The van der Waals surface area contributed by atoms with Crippen LogP contribution in [0, 0.1) is 11.8 Å². The Bertz CT molecular complexity index is 396. The van der Waals surface area contributed by atoms with Gasteiger partial charge in [0, 0.05) is 18.8 Å². The SMILES string of the molecule is CCCCC[C@H](O)CCC1C(=O)C[C@H](O)[C@@H]1CCCCCCC(=O)O. The van der Waals surface area contributed by atoms with Crippen molar-refractivity contribution in [3.05, 3.63) is 0 Å². The second-order valence-corrected chi connectivity index (χ2v) is 7.58. The molecule has 1 fully saturated rings. The number of carboxylic acids is 1. The minimum Gasteiger partial charge on any atom is -0.481 e. The van der Waals surface area contributed by atoms with Gasteiger partial charge in [0.1, 0.15) is 5.78 Å². The Morgan fingerprint density at radius 2 is 1.80 bits per heavy atom. The smallest absolute Gasteiger partial charge is 0.303 e. The Kier molecular flexibility index (Phi) is 11.0. The maximum Gasteiger partial charge on any atom is 0.303 e. The first-order valence-electron chi connectivity index (χ1n) is 10.1. The highest BCUT2D eigenvalue weighted by Gasteiger charge is 2.40. The van der Waals surface area contributed by atoms with E-state index in [1.165, 1.54) is 0 Å². The molecule has 0 amide bonds. The number of Topliss-reactive ketones (excluding diaryl/α,β-unsaturated/α-hetero) is 1. The van der Waals surface area contributed by atoms with Crippen molar-refractivity contribution < 1.29 is 24.9 Å². The van der Waals surface area contributed by atoms with E-state index in [0.717, 1.165) is 51.4 Å². The van der Waals surface area contributed by atoms with E-state index in [2.05, 4.69) is 6.92 Å². The van der Waals surface area contributed by atoms with Crippen LogP contribution in [0.3, 0.4) is 0 Å². The highest BCUT2D eigenvalue weighted by Crippen LogP contribution is 2.36. The zero-order valence-corrected chi connectivity index (χ0v) is 15.7. The summed E-state index contributed by atoms with van der Waals surface area (Å²) in [5, 5.41) is 28.9. The molecule has 0 aromatic rings. The van der Waals surface area contributed by atoms with Crippen LogP contribution in [-0.2, 0) is 9.59 Å². The van der Waals surface area contributed by atoms with E-state index in [1.54, 1.807) is 0 Å². The molecule has 1 saturated carbocycles. The van der Waals surface area contributed by atoms with Crippen LogP contribution in [0.4, 0.5) is 0 Å². The molecule has 1 aliphatic rings. The molecule has 0 aromatic heterocycles. The summed E-state index contributed by atoms with van der Waals surface area (Å²) in [5.74, 6) is -0.719. The van der Waals surface area contributed by atoms with Gasteiger partial charge in [0.2, 0.25) is 0 Å². The van der Waals surface area contributed by atoms with Crippen molar-refractivity contribution in [1.82, 2.24) is 0 Å². The highest BCUT2D eigenvalue weighted by atomic mass is 16.4. The van der Waals surface area contributed by atoms with Gasteiger partial charge in [0.05, 0.1) is 12.2 Å². The summed E-state index contributed by atoms with van der Waals surface area (Å²) >= 11 is 0. The third-order valence-corrected chi connectivity index (χ3v) is 5.46. The van der Waals surface area contributed by atoms with Gasteiger partial charge in [-0.25, -0.2) is 0 Å². The number of carboxylic acid groups (broad SMARTS) is 1. The van der Waals surface area contributed by atoms with Gasteiger partial charge < -0.3 is 15.3 Å². The quantitative estimate of drug-likeness (QED) is 0.413. The van der Waals surface area contributed by atoms with Gasteiger partial charge in [-0.15, -0.1) is 0 Å². The molecular weight excluding hydrogens is 320 g/mol. The minimum absolute atomic E-state index is 0.00909. The molecule has 146 valence electrons. The number of rotatable bonds is 14. The van der Waals surface area contributed by atoms with Crippen molar-refractivity contribution >= 4 is 11.8 Å². The van der Waals surface area contributed by atoms with Crippen LogP contribution in [0.15, 0.2) is 0 Å². The van der Waals surface area contributed by atoms with Gasteiger partial charge in [0.25, 0.3) is 0 Å². The first-order valence-corrected chi connectivity index (χ1v) is 10.1. The second-order valence-electron chi connectivity index (χ2n) is 7.58. The molecule has 1 rings (SSSR count). The third kappa shape index (κ3) is 8.82. The van der Waals surface area contributed by atoms with Crippen molar-refractivity contribution in [2.45, 2.75) is 103 Å².